The molecular formula is C27H37N5O4. The molecule has 9 nitrogen and oxygen atoms in total. The number of rotatable bonds is 11. The molecule has 0 saturated carbocycles. The molecule has 194 valence electrons. The second kappa shape index (κ2) is 11.8. The third-order valence-electron chi connectivity index (χ3n) is 7.18. The van der Waals surface area contributed by atoms with Gasteiger partial charge in [0.15, 0.2) is 0 Å². The van der Waals surface area contributed by atoms with Crippen LogP contribution in [-0.2, 0) is 32.6 Å². The fourth-order valence-electron chi connectivity index (χ4n) is 4.75. The van der Waals surface area contributed by atoms with Gasteiger partial charge in [-0.1, -0.05) is 12.1 Å². The number of hydrogen-bond acceptors (Lipinski definition) is 7. The van der Waals surface area contributed by atoms with E-state index in [9.17, 15) is 14.7 Å². The number of aryl methyl sites for hydroxylation is 1. The predicted octanol–water partition coefficient (Wildman–Crippen LogP) is 2.41. The van der Waals surface area contributed by atoms with Crippen molar-refractivity contribution >= 4 is 17.7 Å². The van der Waals surface area contributed by atoms with Gasteiger partial charge < -0.3 is 25.4 Å². The minimum absolute atomic E-state index is 0.128. The van der Waals surface area contributed by atoms with E-state index in [2.05, 4.69) is 32.7 Å². The summed E-state index contributed by atoms with van der Waals surface area (Å²) >= 11 is 0. The molecule has 0 spiro atoms. The van der Waals surface area contributed by atoms with Crippen LogP contribution in [0.2, 0.25) is 0 Å². The number of nitrogens with one attached hydrogen (secondary N) is 2. The summed E-state index contributed by atoms with van der Waals surface area (Å²) in [6, 6.07) is 6.90. The van der Waals surface area contributed by atoms with Gasteiger partial charge in [0.25, 0.3) is 0 Å². The van der Waals surface area contributed by atoms with E-state index < -0.39 is 17.4 Å². The Hall–Kier alpha value is -3.04. The number of pyridine rings is 2. The molecule has 9 heteroatoms. The van der Waals surface area contributed by atoms with E-state index in [1.807, 2.05) is 6.07 Å². The lowest BCUT2D eigenvalue weighted by molar-refractivity contribution is -0.142. The highest BCUT2D eigenvalue weighted by molar-refractivity contribution is 5.90. The molecule has 0 radical (unpaired) electrons. The normalized spacial score (nSPS) is 18.8. The number of ether oxygens (including phenoxy) is 1. The Kier molecular flexibility index (Phi) is 8.53. The van der Waals surface area contributed by atoms with Gasteiger partial charge in [-0.3, -0.25) is 9.78 Å². The van der Waals surface area contributed by atoms with Gasteiger partial charge in [0.05, 0.1) is 18.1 Å². The highest BCUT2D eigenvalue weighted by Gasteiger charge is 2.33. The van der Waals surface area contributed by atoms with Gasteiger partial charge in [-0.15, -0.1) is 0 Å². The molecule has 36 heavy (non-hydrogen) atoms. The Morgan fingerprint density at radius 2 is 2.19 bits per heavy atom. The van der Waals surface area contributed by atoms with Crippen LogP contribution in [0.1, 0.15) is 49.9 Å². The van der Waals surface area contributed by atoms with Crippen LogP contribution in [-0.4, -0.2) is 76.8 Å². The van der Waals surface area contributed by atoms with Gasteiger partial charge in [0.2, 0.25) is 5.91 Å². The summed E-state index contributed by atoms with van der Waals surface area (Å²) in [4.78, 5) is 35.8. The van der Waals surface area contributed by atoms with Crippen molar-refractivity contribution in [2.24, 2.45) is 0 Å². The Morgan fingerprint density at radius 1 is 1.33 bits per heavy atom. The van der Waals surface area contributed by atoms with Crippen LogP contribution in [0.5, 0.6) is 0 Å². The van der Waals surface area contributed by atoms with E-state index in [4.69, 9.17) is 9.72 Å². The van der Waals surface area contributed by atoms with Crippen molar-refractivity contribution in [3.05, 3.63) is 53.5 Å². The number of hydrogen-bond donors (Lipinski definition) is 3. The molecule has 1 amide bonds. The first-order valence-electron chi connectivity index (χ1n) is 12.8. The minimum atomic E-state index is -1.02. The number of nitrogens with zero attached hydrogens (tertiary/aromatic N) is 3. The molecule has 2 aliphatic heterocycles. The van der Waals surface area contributed by atoms with Crippen LogP contribution in [0.3, 0.4) is 0 Å². The lowest BCUT2D eigenvalue weighted by Crippen LogP contribution is -2.49. The highest BCUT2D eigenvalue weighted by Crippen LogP contribution is 2.23. The van der Waals surface area contributed by atoms with Crippen LogP contribution in [0.4, 0.5) is 5.82 Å². The van der Waals surface area contributed by atoms with E-state index >= 15 is 0 Å². The van der Waals surface area contributed by atoms with Crippen molar-refractivity contribution < 1.29 is 19.4 Å². The predicted molar refractivity (Wildman–Crippen MR) is 137 cm³/mol. The molecular weight excluding hydrogens is 458 g/mol. The Bertz CT molecular complexity index is 1050. The molecule has 4 heterocycles. The maximum atomic E-state index is 12.9. The highest BCUT2D eigenvalue weighted by atomic mass is 16.5. The Morgan fingerprint density at radius 3 is 2.97 bits per heavy atom. The van der Waals surface area contributed by atoms with Crippen molar-refractivity contribution in [3.8, 4) is 0 Å². The van der Waals surface area contributed by atoms with Gasteiger partial charge in [0.1, 0.15) is 11.9 Å². The van der Waals surface area contributed by atoms with Gasteiger partial charge in [0, 0.05) is 50.7 Å². The van der Waals surface area contributed by atoms with E-state index in [0.29, 0.717) is 19.6 Å². The molecule has 0 aliphatic carbocycles. The fraction of sp³-hybridized carbons (Fsp3) is 0.556. The molecule has 2 atom stereocenters. The summed E-state index contributed by atoms with van der Waals surface area (Å²) in [5.74, 6) is -0.337. The summed E-state index contributed by atoms with van der Waals surface area (Å²) in [6.45, 7) is 7.35. The maximum absolute atomic E-state index is 12.9. The average molecular weight is 496 g/mol. The zero-order valence-corrected chi connectivity index (χ0v) is 21.2. The maximum Gasteiger partial charge on any atom is 0.326 e. The molecule has 3 N–H and O–H groups in total. The number of likely N-dealkylation sites (tertiary alicyclic amines) is 1. The van der Waals surface area contributed by atoms with E-state index in [1.165, 1.54) is 5.56 Å². The summed E-state index contributed by atoms with van der Waals surface area (Å²) in [5, 5.41) is 15.8. The van der Waals surface area contributed by atoms with Crippen molar-refractivity contribution in [1.29, 1.82) is 0 Å². The third-order valence-corrected chi connectivity index (χ3v) is 7.18. The van der Waals surface area contributed by atoms with Crippen molar-refractivity contribution in [2.75, 3.05) is 38.1 Å². The topological polar surface area (TPSA) is 117 Å². The van der Waals surface area contributed by atoms with Crippen LogP contribution < -0.4 is 10.6 Å². The third kappa shape index (κ3) is 6.59. The monoisotopic (exact) mass is 495 g/mol. The number of carbonyl (C=O) groups excluding carboxylic acids is 1. The molecule has 2 aromatic heterocycles. The van der Waals surface area contributed by atoms with E-state index in [1.54, 1.807) is 32.3 Å². The average Bonchev–Trinajstić information content (AvgIpc) is 3.34. The molecule has 2 unspecified atom stereocenters. The molecule has 0 aromatic carbocycles. The second-order valence-corrected chi connectivity index (χ2v) is 10.2. The molecule has 2 aliphatic rings. The summed E-state index contributed by atoms with van der Waals surface area (Å²) < 4.78 is 6.10. The fourth-order valence-corrected chi connectivity index (χ4v) is 4.75. The quantitative estimate of drug-likeness (QED) is 0.435. The Balaban J connectivity index is 1.20. The smallest absolute Gasteiger partial charge is 0.326 e. The van der Waals surface area contributed by atoms with Crippen LogP contribution >= 0.6 is 0 Å². The zero-order chi connectivity index (χ0) is 25.5. The summed E-state index contributed by atoms with van der Waals surface area (Å²) in [7, 11) is 0. The lowest BCUT2D eigenvalue weighted by Gasteiger charge is -2.27. The lowest BCUT2D eigenvalue weighted by atomic mass is 9.84. The van der Waals surface area contributed by atoms with Gasteiger partial charge in [-0.25, -0.2) is 9.78 Å². The molecule has 1 fully saturated rings. The zero-order valence-electron chi connectivity index (χ0n) is 21.2. The minimum Gasteiger partial charge on any atom is -0.480 e. The number of fused-ring (bicyclic) bond motifs is 1. The van der Waals surface area contributed by atoms with Crippen LogP contribution in [0.15, 0.2) is 36.7 Å². The van der Waals surface area contributed by atoms with Crippen molar-refractivity contribution in [1.82, 2.24) is 20.2 Å². The van der Waals surface area contributed by atoms with Gasteiger partial charge in [-0.05, 0) is 62.8 Å². The number of carbonyl (C=O) groups is 2. The van der Waals surface area contributed by atoms with Gasteiger partial charge >= 0.3 is 5.97 Å². The first-order chi connectivity index (χ1) is 17.3. The summed E-state index contributed by atoms with van der Waals surface area (Å²) in [5.41, 5.74) is 2.19. The largest absolute Gasteiger partial charge is 0.480 e. The SMILES string of the molecule is CC(C)(C(=O)NC(CCN1CCC(OCCc2ccc3c(n2)NCCC3)C1)C(=O)O)c1cccnc1. The first-order valence-corrected chi connectivity index (χ1v) is 12.8. The number of aromatic nitrogens is 2. The van der Waals surface area contributed by atoms with Crippen LogP contribution in [0.25, 0.3) is 0 Å². The number of anilines is 1. The molecule has 1 saturated heterocycles. The molecule has 0 bridgehead atoms. The van der Waals surface area contributed by atoms with Crippen molar-refractivity contribution in [2.45, 2.75) is 63.5 Å². The van der Waals surface area contributed by atoms with E-state index in [0.717, 1.165) is 62.4 Å². The number of aliphatic carboxylic acids is 1. The summed E-state index contributed by atoms with van der Waals surface area (Å²) in [6.07, 6.45) is 7.66. The Labute approximate surface area is 212 Å². The number of carboxylic acid groups (broad SMARTS) is 1. The first kappa shape index (κ1) is 26.0. The van der Waals surface area contributed by atoms with Gasteiger partial charge in [-0.2, -0.15) is 0 Å². The van der Waals surface area contributed by atoms with Crippen molar-refractivity contribution in [3.63, 3.8) is 0 Å². The molecule has 2 aromatic rings. The molecule has 4 rings (SSSR count). The number of carboxylic acids is 1. The second-order valence-electron chi connectivity index (χ2n) is 10.2. The van der Waals surface area contributed by atoms with E-state index in [-0.39, 0.29) is 12.0 Å². The van der Waals surface area contributed by atoms with Crippen LogP contribution in [0, 0.1) is 0 Å². The number of amides is 1. The standard InChI is InChI=1S/C27H37N5O4/c1-27(2,20-6-4-12-28-17-20)26(35)31-23(25(33)34)10-15-32-14-9-22(18-32)36-16-11-21-8-7-19-5-3-13-29-24(19)30-21/h4,6-8,12,17,22-23H,3,5,9-11,13-16,18H2,1-2H3,(H,29,30)(H,31,35)(H,33,34).